The summed E-state index contributed by atoms with van der Waals surface area (Å²) in [7, 11) is 0. The molecule has 0 aliphatic carbocycles. The number of aliphatic carboxylic acids is 1. The third-order valence-corrected chi connectivity index (χ3v) is 3.98. The summed E-state index contributed by atoms with van der Waals surface area (Å²) in [5.41, 5.74) is 3.03. The van der Waals surface area contributed by atoms with Crippen molar-refractivity contribution in [3.8, 4) is 11.5 Å². The van der Waals surface area contributed by atoms with E-state index in [2.05, 4.69) is 28.9 Å². The highest BCUT2D eigenvalue weighted by Gasteiger charge is 2.11. The van der Waals surface area contributed by atoms with E-state index in [9.17, 15) is 4.79 Å². The highest BCUT2D eigenvalue weighted by molar-refractivity contribution is 9.08. The van der Waals surface area contributed by atoms with E-state index in [1.54, 1.807) is 6.07 Å². The van der Waals surface area contributed by atoms with E-state index in [0.29, 0.717) is 11.3 Å². The summed E-state index contributed by atoms with van der Waals surface area (Å²) in [5, 5.41) is 9.81. The maximum absolute atomic E-state index is 11.0. The molecule has 2 aromatic rings. The van der Waals surface area contributed by atoms with Gasteiger partial charge in [0.1, 0.15) is 11.5 Å². The molecule has 1 N–H and O–H groups in total. The fourth-order valence-electron chi connectivity index (χ4n) is 2.31. The lowest BCUT2D eigenvalue weighted by Crippen LogP contribution is -2.02. The van der Waals surface area contributed by atoms with E-state index in [0.717, 1.165) is 29.5 Å². The molecule has 0 aliphatic heterocycles. The molecule has 0 saturated heterocycles. The van der Waals surface area contributed by atoms with Crippen LogP contribution >= 0.6 is 15.9 Å². The van der Waals surface area contributed by atoms with Crippen LogP contribution in [0.25, 0.3) is 0 Å². The number of halogens is 1. The Labute approximate surface area is 139 Å². The Morgan fingerprint density at radius 2 is 1.86 bits per heavy atom. The zero-order chi connectivity index (χ0) is 15.9. The smallest absolute Gasteiger partial charge is 0.307 e. The van der Waals surface area contributed by atoms with Crippen molar-refractivity contribution in [2.45, 2.75) is 31.5 Å². The number of carboxylic acid groups (broad SMARTS) is 1. The highest BCUT2D eigenvalue weighted by atomic mass is 79.9. The second-order valence-electron chi connectivity index (χ2n) is 5.11. The Kier molecular flexibility index (Phi) is 6.01. The second-order valence-corrected chi connectivity index (χ2v) is 5.67. The molecule has 116 valence electrons. The molecule has 2 aromatic carbocycles. The van der Waals surface area contributed by atoms with E-state index in [1.807, 2.05) is 30.3 Å². The molecule has 0 amide bonds. The monoisotopic (exact) mass is 362 g/mol. The van der Waals surface area contributed by atoms with Crippen LogP contribution in [0.5, 0.6) is 11.5 Å². The predicted octanol–water partition coefficient (Wildman–Crippen LogP) is 4.95. The number of alkyl halides is 1. The van der Waals surface area contributed by atoms with Crippen LogP contribution in [0, 0.1) is 0 Å². The number of aryl methyl sites for hydroxylation is 1. The van der Waals surface area contributed by atoms with Crippen LogP contribution in [0.4, 0.5) is 0 Å². The minimum Gasteiger partial charge on any atom is -0.481 e. The van der Waals surface area contributed by atoms with Gasteiger partial charge >= 0.3 is 5.97 Å². The number of carboxylic acids is 1. The molecule has 0 bridgehead atoms. The minimum atomic E-state index is -0.862. The van der Waals surface area contributed by atoms with Gasteiger partial charge in [0.15, 0.2) is 0 Å². The van der Waals surface area contributed by atoms with Crippen molar-refractivity contribution in [3.63, 3.8) is 0 Å². The number of benzene rings is 2. The summed E-state index contributed by atoms with van der Waals surface area (Å²) in [4.78, 5) is 11.0. The fraction of sp³-hybridized carbons (Fsp3) is 0.278. The van der Waals surface area contributed by atoms with Crippen LogP contribution in [0.1, 0.15) is 30.0 Å². The van der Waals surface area contributed by atoms with Gasteiger partial charge in [0.05, 0.1) is 6.42 Å². The maximum atomic E-state index is 11.0. The Morgan fingerprint density at radius 1 is 1.14 bits per heavy atom. The average Bonchev–Trinajstić information content (AvgIpc) is 2.50. The zero-order valence-electron chi connectivity index (χ0n) is 12.5. The van der Waals surface area contributed by atoms with E-state index >= 15 is 0 Å². The summed E-state index contributed by atoms with van der Waals surface area (Å²) in [6.45, 7) is 2.13. The normalized spacial score (nSPS) is 10.5. The Balaban J connectivity index is 2.32. The number of para-hydroxylation sites is 1. The van der Waals surface area contributed by atoms with Gasteiger partial charge in [-0.25, -0.2) is 0 Å². The second kappa shape index (κ2) is 7.99. The first kappa shape index (κ1) is 16.6. The molecular weight excluding hydrogens is 344 g/mol. The van der Waals surface area contributed by atoms with Crippen molar-refractivity contribution in [1.29, 1.82) is 0 Å². The van der Waals surface area contributed by atoms with Gasteiger partial charge in [-0.2, -0.15) is 0 Å². The molecule has 0 aliphatic rings. The Morgan fingerprint density at radius 3 is 2.55 bits per heavy atom. The number of hydrogen-bond acceptors (Lipinski definition) is 2. The summed E-state index contributed by atoms with van der Waals surface area (Å²) >= 11 is 3.47. The van der Waals surface area contributed by atoms with Gasteiger partial charge in [-0.05, 0) is 29.7 Å². The number of hydrogen-bond donors (Lipinski definition) is 1. The molecule has 0 heterocycles. The maximum Gasteiger partial charge on any atom is 0.307 e. The molecule has 0 aromatic heterocycles. The van der Waals surface area contributed by atoms with Crippen LogP contribution < -0.4 is 4.74 Å². The number of ether oxygens (including phenoxy) is 1. The van der Waals surface area contributed by atoms with E-state index < -0.39 is 5.97 Å². The topological polar surface area (TPSA) is 46.5 Å². The molecule has 3 nitrogen and oxygen atoms in total. The van der Waals surface area contributed by atoms with Gasteiger partial charge in [0.25, 0.3) is 0 Å². The lowest BCUT2D eigenvalue weighted by Gasteiger charge is -2.14. The summed E-state index contributed by atoms with van der Waals surface area (Å²) in [6, 6.07) is 13.4. The molecule has 0 fully saturated rings. The van der Waals surface area contributed by atoms with Gasteiger partial charge < -0.3 is 9.84 Å². The van der Waals surface area contributed by atoms with Crippen molar-refractivity contribution in [2.24, 2.45) is 0 Å². The first-order valence-corrected chi connectivity index (χ1v) is 8.41. The average molecular weight is 363 g/mol. The molecule has 0 saturated carbocycles. The first-order chi connectivity index (χ1) is 10.6. The molecular formula is C18H19BrO3. The summed E-state index contributed by atoms with van der Waals surface area (Å²) in [6.07, 6.45) is 1.91. The number of carbonyl (C=O) groups is 1. The SMILES string of the molecule is CCCc1cc(CBr)ccc1Oc1ccccc1CC(=O)O. The molecule has 0 atom stereocenters. The van der Waals surface area contributed by atoms with Crippen LogP contribution in [-0.4, -0.2) is 11.1 Å². The molecule has 22 heavy (non-hydrogen) atoms. The predicted molar refractivity (Wildman–Crippen MR) is 90.9 cm³/mol. The van der Waals surface area contributed by atoms with Crippen molar-refractivity contribution in [1.82, 2.24) is 0 Å². The van der Waals surface area contributed by atoms with Gasteiger partial charge in [-0.15, -0.1) is 0 Å². The van der Waals surface area contributed by atoms with E-state index in [1.165, 1.54) is 5.56 Å². The highest BCUT2D eigenvalue weighted by Crippen LogP contribution is 2.30. The summed E-state index contributed by atoms with van der Waals surface area (Å²) in [5.74, 6) is 0.540. The van der Waals surface area contributed by atoms with Crippen molar-refractivity contribution in [3.05, 3.63) is 59.2 Å². The molecule has 4 heteroatoms. The fourth-order valence-corrected chi connectivity index (χ4v) is 2.66. The lowest BCUT2D eigenvalue weighted by atomic mass is 10.1. The Hall–Kier alpha value is -1.81. The van der Waals surface area contributed by atoms with Crippen LogP contribution in [0.3, 0.4) is 0 Å². The van der Waals surface area contributed by atoms with E-state index in [-0.39, 0.29) is 6.42 Å². The van der Waals surface area contributed by atoms with Crippen molar-refractivity contribution in [2.75, 3.05) is 0 Å². The standard InChI is InChI=1S/C18H19BrO3/c1-2-5-14-10-13(12-19)8-9-17(14)22-16-7-4-3-6-15(16)11-18(20)21/h3-4,6-10H,2,5,11-12H2,1H3,(H,20,21). The van der Waals surface area contributed by atoms with E-state index in [4.69, 9.17) is 9.84 Å². The number of rotatable bonds is 7. The summed E-state index contributed by atoms with van der Waals surface area (Å²) < 4.78 is 6.01. The molecule has 0 spiro atoms. The van der Waals surface area contributed by atoms with Gasteiger partial charge in [-0.3, -0.25) is 4.79 Å². The first-order valence-electron chi connectivity index (χ1n) is 7.29. The van der Waals surface area contributed by atoms with Gasteiger partial charge in [0, 0.05) is 10.9 Å². The van der Waals surface area contributed by atoms with Crippen LogP contribution in [0.2, 0.25) is 0 Å². The quantitative estimate of drug-likeness (QED) is 0.708. The molecule has 0 radical (unpaired) electrons. The van der Waals surface area contributed by atoms with Crippen LogP contribution in [-0.2, 0) is 23.0 Å². The van der Waals surface area contributed by atoms with Crippen molar-refractivity contribution >= 4 is 21.9 Å². The lowest BCUT2D eigenvalue weighted by molar-refractivity contribution is -0.136. The Bertz CT molecular complexity index is 653. The van der Waals surface area contributed by atoms with Crippen molar-refractivity contribution < 1.29 is 14.6 Å². The molecule has 2 rings (SSSR count). The molecule has 0 unspecified atom stereocenters. The third-order valence-electron chi connectivity index (χ3n) is 3.33. The zero-order valence-corrected chi connectivity index (χ0v) is 14.1. The largest absolute Gasteiger partial charge is 0.481 e. The van der Waals surface area contributed by atoms with Crippen LogP contribution in [0.15, 0.2) is 42.5 Å². The van der Waals surface area contributed by atoms with Gasteiger partial charge in [0.2, 0.25) is 0 Å². The minimum absolute atomic E-state index is 0.0429. The third kappa shape index (κ3) is 4.34. The van der Waals surface area contributed by atoms with Gasteiger partial charge in [-0.1, -0.05) is 59.6 Å².